The van der Waals surface area contributed by atoms with Crippen molar-refractivity contribution in [3.05, 3.63) is 57.4 Å². The number of rotatable bonds is 3. The number of aromatic carboxylic acids is 1. The summed E-state index contributed by atoms with van der Waals surface area (Å²) in [5, 5.41) is 9.10. The van der Waals surface area contributed by atoms with Crippen molar-refractivity contribution in [1.29, 1.82) is 0 Å². The van der Waals surface area contributed by atoms with Crippen LogP contribution in [0.15, 0.2) is 42.5 Å². The van der Waals surface area contributed by atoms with Crippen LogP contribution in [0.5, 0.6) is 0 Å². The van der Waals surface area contributed by atoms with Gasteiger partial charge in [0.15, 0.2) is 0 Å². The molecule has 0 spiro atoms. The number of aryl methyl sites for hydroxylation is 1. The number of carboxylic acids is 1. The highest BCUT2D eigenvalue weighted by molar-refractivity contribution is 14.1. The molecule has 0 amide bonds. The van der Waals surface area contributed by atoms with Gasteiger partial charge >= 0.3 is 5.97 Å². The molecule has 1 aromatic heterocycles. The van der Waals surface area contributed by atoms with Crippen molar-refractivity contribution in [2.24, 2.45) is 0 Å². The van der Waals surface area contributed by atoms with Crippen molar-refractivity contribution in [2.45, 2.75) is 13.3 Å². The summed E-state index contributed by atoms with van der Waals surface area (Å²) < 4.78 is 3.24. The molecule has 3 rings (SSSR count). The van der Waals surface area contributed by atoms with Gasteiger partial charge in [-0.15, -0.1) is 0 Å². The summed E-state index contributed by atoms with van der Waals surface area (Å²) >= 11 is 2.28. The molecule has 106 valence electrons. The minimum atomic E-state index is -0.932. The zero-order valence-corrected chi connectivity index (χ0v) is 13.5. The van der Waals surface area contributed by atoms with Crippen molar-refractivity contribution >= 4 is 39.6 Å². The molecule has 0 saturated carbocycles. The normalized spacial score (nSPS) is 11.0. The molecule has 21 heavy (non-hydrogen) atoms. The molecule has 5 heteroatoms. The summed E-state index contributed by atoms with van der Waals surface area (Å²) in [6.45, 7) is 2.05. The van der Waals surface area contributed by atoms with Crippen LogP contribution >= 0.6 is 22.6 Å². The van der Waals surface area contributed by atoms with Crippen LogP contribution in [0, 0.1) is 3.57 Å². The molecule has 4 nitrogen and oxygen atoms in total. The average molecular weight is 392 g/mol. The van der Waals surface area contributed by atoms with Crippen molar-refractivity contribution in [1.82, 2.24) is 9.55 Å². The number of halogens is 1. The third kappa shape index (κ3) is 2.53. The largest absolute Gasteiger partial charge is 0.478 e. The average Bonchev–Trinajstić information content (AvgIpc) is 2.84. The first-order valence-corrected chi connectivity index (χ1v) is 7.68. The quantitative estimate of drug-likeness (QED) is 0.689. The maximum Gasteiger partial charge on any atom is 0.335 e. The Morgan fingerprint density at radius 3 is 2.76 bits per heavy atom. The fourth-order valence-electron chi connectivity index (χ4n) is 2.40. The van der Waals surface area contributed by atoms with Gasteiger partial charge in [-0.1, -0.05) is 13.0 Å². The van der Waals surface area contributed by atoms with Gasteiger partial charge in [0.1, 0.15) is 5.82 Å². The van der Waals surface area contributed by atoms with E-state index in [2.05, 4.69) is 38.2 Å². The molecule has 0 unspecified atom stereocenters. The lowest BCUT2D eigenvalue weighted by atomic mass is 10.2. The van der Waals surface area contributed by atoms with E-state index in [9.17, 15) is 4.79 Å². The van der Waals surface area contributed by atoms with Gasteiger partial charge in [0.2, 0.25) is 0 Å². The second-order valence-corrected chi connectivity index (χ2v) is 5.95. The zero-order chi connectivity index (χ0) is 15.0. The molecule has 0 fully saturated rings. The maximum absolute atomic E-state index is 11.1. The number of carboxylic acid groups (broad SMARTS) is 1. The summed E-state index contributed by atoms with van der Waals surface area (Å²) in [5.74, 6) is -0.00621. The summed E-state index contributed by atoms with van der Waals surface area (Å²) in [4.78, 5) is 15.7. The predicted molar refractivity (Wildman–Crippen MR) is 90.1 cm³/mol. The van der Waals surface area contributed by atoms with Gasteiger partial charge in [-0.2, -0.15) is 0 Å². The summed E-state index contributed by atoms with van der Waals surface area (Å²) in [6.07, 6.45) is 0.780. The molecule has 0 saturated heterocycles. The van der Waals surface area contributed by atoms with Gasteiger partial charge in [-0.05, 0) is 59.0 Å². The SMILES string of the molecule is CCc1nc2cc(C(=O)O)ccc2n1-c1cccc(I)c1. The number of carbonyl (C=O) groups is 1. The Kier molecular flexibility index (Phi) is 3.67. The summed E-state index contributed by atoms with van der Waals surface area (Å²) in [6, 6.07) is 13.2. The molecule has 0 atom stereocenters. The molecule has 0 radical (unpaired) electrons. The van der Waals surface area contributed by atoms with Crippen LogP contribution in [0.4, 0.5) is 0 Å². The third-order valence-corrected chi connectivity index (χ3v) is 4.02. The zero-order valence-electron chi connectivity index (χ0n) is 11.4. The number of benzene rings is 2. The van der Waals surface area contributed by atoms with E-state index in [-0.39, 0.29) is 5.56 Å². The minimum Gasteiger partial charge on any atom is -0.478 e. The van der Waals surface area contributed by atoms with E-state index in [0.717, 1.165) is 27.0 Å². The van der Waals surface area contributed by atoms with Crippen LogP contribution in [-0.2, 0) is 6.42 Å². The fourth-order valence-corrected chi connectivity index (χ4v) is 2.93. The highest BCUT2D eigenvalue weighted by Gasteiger charge is 2.13. The maximum atomic E-state index is 11.1. The Morgan fingerprint density at radius 1 is 1.29 bits per heavy atom. The van der Waals surface area contributed by atoms with Gasteiger partial charge in [-0.25, -0.2) is 9.78 Å². The van der Waals surface area contributed by atoms with Crippen LogP contribution in [0.25, 0.3) is 16.7 Å². The molecular formula is C16H13IN2O2. The second-order valence-electron chi connectivity index (χ2n) is 4.71. The fraction of sp³-hybridized carbons (Fsp3) is 0.125. The van der Waals surface area contributed by atoms with Crippen LogP contribution < -0.4 is 0 Å². The predicted octanol–water partition coefficient (Wildman–Crippen LogP) is 3.89. The van der Waals surface area contributed by atoms with Crippen molar-refractivity contribution < 1.29 is 9.90 Å². The van der Waals surface area contributed by atoms with Crippen LogP contribution in [0.3, 0.4) is 0 Å². The molecule has 0 aliphatic heterocycles. The standard InChI is InChI=1S/C16H13IN2O2/c1-2-15-18-13-8-10(16(20)21)6-7-14(13)19(15)12-5-3-4-11(17)9-12/h3-9H,2H2,1H3,(H,20,21). The molecule has 0 aliphatic rings. The monoisotopic (exact) mass is 392 g/mol. The van der Waals surface area contributed by atoms with Gasteiger partial charge in [0.25, 0.3) is 0 Å². The topological polar surface area (TPSA) is 55.1 Å². The van der Waals surface area contributed by atoms with Crippen LogP contribution in [-0.4, -0.2) is 20.6 Å². The highest BCUT2D eigenvalue weighted by Crippen LogP contribution is 2.24. The summed E-state index contributed by atoms with van der Waals surface area (Å²) in [7, 11) is 0. The molecule has 0 aliphatic carbocycles. The van der Waals surface area contributed by atoms with Crippen molar-refractivity contribution in [2.75, 3.05) is 0 Å². The van der Waals surface area contributed by atoms with Gasteiger partial charge in [-0.3, -0.25) is 4.57 Å². The molecule has 3 aromatic rings. The molecule has 0 bridgehead atoms. The van der Waals surface area contributed by atoms with Crippen molar-refractivity contribution in [3.63, 3.8) is 0 Å². The lowest BCUT2D eigenvalue weighted by Gasteiger charge is -2.08. The Balaban J connectivity index is 2.28. The molecule has 1 N–H and O–H groups in total. The Hall–Kier alpha value is -1.89. The van der Waals surface area contributed by atoms with E-state index in [0.29, 0.717) is 5.52 Å². The van der Waals surface area contributed by atoms with E-state index in [4.69, 9.17) is 5.11 Å². The first-order chi connectivity index (χ1) is 10.1. The molecule has 1 heterocycles. The van der Waals surface area contributed by atoms with E-state index in [1.165, 1.54) is 0 Å². The van der Waals surface area contributed by atoms with Gasteiger partial charge in [0, 0.05) is 15.7 Å². The lowest BCUT2D eigenvalue weighted by molar-refractivity contribution is 0.0697. The van der Waals surface area contributed by atoms with E-state index >= 15 is 0 Å². The first-order valence-electron chi connectivity index (χ1n) is 6.60. The highest BCUT2D eigenvalue weighted by atomic mass is 127. The number of hydrogen-bond donors (Lipinski definition) is 1. The first kappa shape index (κ1) is 14.1. The Morgan fingerprint density at radius 2 is 2.10 bits per heavy atom. The lowest BCUT2D eigenvalue weighted by Crippen LogP contribution is -2.00. The Bertz CT molecular complexity index is 839. The number of aromatic nitrogens is 2. The third-order valence-electron chi connectivity index (χ3n) is 3.35. The second kappa shape index (κ2) is 5.48. The number of fused-ring (bicyclic) bond motifs is 1. The molecule has 2 aromatic carbocycles. The summed E-state index contributed by atoms with van der Waals surface area (Å²) in [5.41, 5.74) is 2.95. The van der Waals surface area contributed by atoms with E-state index in [1.54, 1.807) is 12.1 Å². The smallest absolute Gasteiger partial charge is 0.335 e. The van der Waals surface area contributed by atoms with E-state index in [1.807, 2.05) is 31.2 Å². The van der Waals surface area contributed by atoms with Crippen LogP contribution in [0.2, 0.25) is 0 Å². The Labute approximate surface area is 135 Å². The van der Waals surface area contributed by atoms with Crippen molar-refractivity contribution in [3.8, 4) is 5.69 Å². The number of nitrogens with zero attached hydrogens (tertiary/aromatic N) is 2. The number of hydrogen-bond acceptors (Lipinski definition) is 2. The van der Waals surface area contributed by atoms with Crippen LogP contribution in [0.1, 0.15) is 23.1 Å². The van der Waals surface area contributed by atoms with Gasteiger partial charge in [0.05, 0.1) is 16.6 Å². The van der Waals surface area contributed by atoms with Gasteiger partial charge < -0.3 is 5.11 Å². The minimum absolute atomic E-state index is 0.262. The number of imidazole rings is 1. The van der Waals surface area contributed by atoms with E-state index < -0.39 is 5.97 Å². The molecular weight excluding hydrogens is 379 g/mol.